The maximum Gasteiger partial charge on any atom is 0.431 e. The Morgan fingerprint density at radius 3 is 2.23 bits per heavy atom. The molecule has 0 atom stereocenters. The van der Waals surface area contributed by atoms with Crippen LogP contribution < -0.4 is 10.2 Å². The Kier molecular flexibility index (Phi) is 9.50. The van der Waals surface area contributed by atoms with Crippen molar-refractivity contribution in [3.63, 3.8) is 0 Å². The van der Waals surface area contributed by atoms with Gasteiger partial charge in [0.2, 0.25) is 0 Å². The second-order valence-corrected chi connectivity index (χ2v) is 11.0. The molecule has 0 bridgehead atoms. The number of benzene rings is 3. The van der Waals surface area contributed by atoms with E-state index in [0.29, 0.717) is 44.2 Å². The summed E-state index contributed by atoms with van der Waals surface area (Å²) in [5.41, 5.74) is 6.63. The maximum absolute atomic E-state index is 14.0. The summed E-state index contributed by atoms with van der Waals surface area (Å²) in [6, 6.07) is 16.5. The molecule has 0 aromatic heterocycles. The van der Waals surface area contributed by atoms with Crippen LogP contribution in [0.3, 0.4) is 0 Å². The van der Waals surface area contributed by atoms with Gasteiger partial charge in [0.25, 0.3) is 0 Å². The van der Waals surface area contributed by atoms with Gasteiger partial charge < -0.3 is 9.64 Å². The Morgan fingerprint density at radius 2 is 1.57 bits per heavy atom. The van der Waals surface area contributed by atoms with Gasteiger partial charge in [-0.05, 0) is 62.3 Å². The Balaban J connectivity index is 1.51. The molecule has 1 aliphatic rings. The third-order valence-corrected chi connectivity index (χ3v) is 7.65. The first-order chi connectivity index (χ1) is 19.1. The number of hydrogen-bond donors (Lipinski definition) is 1. The number of rotatable bonds is 9. The average molecular weight is 556 g/mol. The van der Waals surface area contributed by atoms with E-state index < -0.39 is 23.2 Å². The van der Waals surface area contributed by atoms with E-state index in [1.54, 1.807) is 12.1 Å². The highest BCUT2D eigenvalue weighted by atomic mass is 19.2. The summed E-state index contributed by atoms with van der Waals surface area (Å²) in [5, 5.41) is 1.84. The van der Waals surface area contributed by atoms with Crippen LogP contribution in [0.4, 0.5) is 18.0 Å². The highest BCUT2D eigenvalue weighted by Gasteiger charge is 2.42. The fourth-order valence-electron chi connectivity index (χ4n) is 5.25. The van der Waals surface area contributed by atoms with Gasteiger partial charge >= 0.3 is 6.03 Å². The van der Waals surface area contributed by atoms with Crippen LogP contribution in [0.15, 0.2) is 60.7 Å². The number of amides is 2. The molecule has 3 aromatic rings. The number of hydrazine groups is 1. The summed E-state index contributed by atoms with van der Waals surface area (Å²) in [5.74, 6) is -3.16. The molecule has 9 heteroatoms. The molecule has 214 valence electrons. The highest BCUT2D eigenvalue weighted by Crippen LogP contribution is 2.35. The summed E-state index contributed by atoms with van der Waals surface area (Å²) in [7, 11) is 5.87. The molecular formula is C31H38F3N4O2+. The zero-order valence-corrected chi connectivity index (χ0v) is 23.6. The van der Waals surface area contributed by atoms with E-state index in [0.717, 1.165) is 24.9 Å². The molecule has 1 aliphatic heterocycles. The zero-order valence-electron chi connectivity index (χ0n) is 23.6. The van der Waals surface area contributed by atoms with Gasteiger partial charge in [-0.3, -0.25) is 0 Å². The van der Waals surface area contributed by atoms with E-state index in [9.17, 15) is 18.0 Å². The Hall–Kier alpha value is -3.40. The van der Waals surface area contributed by atoms with Crippen molar-refractivity contribution in [2.45, 2.75) is 32.2 Å². The Morgan fingerprint density at radius 1 is 0.925 bits per heavy atom. The van der Waals surface area contributed by atoms with Crippen molar-refractivity contribution in [1.29, 1.82) is 0 Å². The summed E-state index contributed by atoms with van der Waals surface area (Å²) in [6.07, 6.45) is 1.77. The van der Waals surface area contributed by atoms with Crippen LogP contribution in [0.5, 0.6) is 11.5 Å². The Labute approximate surface area is 234 Å². The van der Waals surface area contributed by atoms with Crippen molar-refractivity contribution in [2.24, 2.45) is 0 Å². The number of halogens is 3. The smallest absolute Gasteiger partial charge is 0.431 e. The van der Waals surface area contributed by atoms with Gasteiger partial charge in [0.1, 0.15) is 12.3 Å². The van der Waals surface area contributed by atoms with E-state index in [4.69, 9.17) is 4.74 Å². The quantitative estimate of drug-likeness (QED) is 0.194. The summed E-state index contributed by atoms with van der Waals surface area (Å²) in [4.78, 5) is 15.8. The first-order valence-electron chi connectivity index (χ1n) is 13.6. The van der Waals surface area contributed by atoms with Gasteiger partial charge in [-0.1, -0.05) is 24.3 Å². The molecule has 1 N–H and O–H groups in total. The fourth-order valence-corrected chi connectivity index (χ4v) is 5.25. The minimum Gasteiger partial charge on any atom is -0.454 e. The SMILES string of the molecule is Cc1ccccc1C1CC[N+](Cc2ccc(Oc3cc(F)c(F)cc3F)cc2)(C(=O)NN(C)CCN(C)C)CC1. The van der Waals surface area contributed by atoms with Crippen molar-refractivity contribution in [1.82, 2.24) is 15.3 Å². The number of hydrogen-bond acceptors (Lipinski definition) is 4. The second-order valence-electron chi connectivity index (χ2n) is 11.0. The monoisotopic (exact) mass is 555 g/mol. The highest BCUT2D eigenvalue weighted by molar-refractivity contribution is 5.66. The molecule has 2 amide bonds. The first-order valence-corrected chi connectivity index (χ1v) is 13.6. The van der Waals surface area contributed by atoms with Gasteiger partial charge in [0, 0.05) is 50.7 Å². The van der Waals surface area contributed by atoms with Gasteiger partial charge in [0.05, 0.1) is 13.1 Å². The molecule has 40 heavy (non-hydrogen) atoms. The maximum atomic E-state index is 14.0. The van der Waals surface area contributed by atoms with E-state index in [-0.39, 0.29) is 16.3 Å². The number of carbonyl (C=O) groups excluding carboxylic acids is 1. The molecule has 4 rings (SSSR count). The molecule has 0 radical (unpaired) electrons. The average Bonchev–Trinajstić information content (AvgIpc) is 2.92. The van der Waals surface area contributed by atoms with Gasteiger partial charge in [-0.25, -0.2) is 32.9 Å². The van der Waals surface area contributed by atoms with Crippen LogP contribution >= 0.6 is 0 Å². The molecule has 0 saturated carbocycles. The number of ether oxygens (including phenoxy) is 1. The van der Waals surface area contributed by atoms with Crippen molar-refractivity contribution in [3.8, 4) is 11.5 Å². The lowest BCUT2D eigenvalue weighted by Gasteiger charge is -2.42. The fraction of sp³-hybridized carbons (Fsp3) is 0.387. The largest absolute Gasteiger partial charge is 0.454 e. The van der Waals surface area contributed by atoms with Crippen LogP contribution in [0, 0.1) is 24.4 Å². The lowest BCUT2D eigenvalue weighted by atomic mass is 9.85. The molecule has 6 nitrogen and oxygen atoms in total. The van der Waals surface area contributed by atoms with E-state index in [1.165, 1.54) is 11.1 Å². The summed E-state index contributed by atoms with van der Waals surface area (Å²) < 4.78 is 46.6. The van der Waals surface area contributed by atoms with Crippen LogP contribution in [0.2, 0.25) is 0 Å². The lowest BCUT2D eigenvalue weighted by molar-refractivity contribution is -0.870. The second kappa shape index (κ2) is 12.8. The van der Waals surface area contributed by atoms with Crippen molar-refractivity contribution in [2.75, 3.05) is 47.3 Å². The number of quaternary nitrogens is 1. The third-order valence-electron chi connectivity index (χ3n) is 7.65. The van der Waals surface area contributed by atoms with E-state index in [1.807, 2.05) is 44.4 Å². The number of nitrogens with one attached hydrogen (secondary N) is 1. The lowest BCUT2D eigenvalue weighted by Crippen LogP contribution is -2.62. The molecule has 0 aliphatic carbocycles. The van der Waals surface area contributed by atoms with Crippen LogP contribution in [0.25, 0.3) is 0 Å². The minimum atomic E-state index is -1.27. The minimum absolute atomic E-state index is 0.0475. The molecule has 1 saturated heterocycles. The zero-order chi connectivity index (χ0) is 28.9. The third kappa shape index (κ3) is 7.21. The predicted octanol–water partition coefficient (Wildman–Crippen LogP) is 6.22. The number of urea groups is 1. The molecule has 0 spiro atoms. The van der Waals surface area contributed by atoms with Crippen molar-refractivity contribution < 1.29 is 27.2 Å². The van der Waals surface area contributed by atoms with Crippen molar-refractivity contribution >= 4 is 6.03 Å². The standard InChI is InChI=1S/C31H37F3N4O2/c1-22-7-5-6-8-26(22)24-13-17-38(18-14-24,31(39)35-37(4)16-15-36(2)3)21-23-9-11-25(12-10-23)40-30-20-28(33)27(32)19-29(30)34/h5-12,19-20,24H,13-18,21H2,1-4H3/p+1. The molecule has 3 aromatic carbocycles. The molecule has 1 heterocycles. The summed E-state index contributed by atoms with van der Waals surface area (Å²) in [6.45, 7) is 5.49. The number of nitrogens with zero attached hydrogens (tertiary/aromatic N) is 3. The normalized spacial score (nSPS) is 19.2. The van der Waals surface area contributed by atoms with E-state index >= 15 is 0 Å². The van der Waals surface area contributed by atoms with Crippen LogP contribution in [-0.2, 0) is 6.54 Å². The van der Waals surface area contributed by atoms with E-state index in [2.05, 4.69) is 35.4 Å². The molecule has 0 unspecified atom stereocenters. The van der Waals surface area contributed by atoms with Gasteiger partial charge in [-0.2, -0.15) is 0 Å². The number of likely N-dealkylation sites (tertiary alicyclic amines) is 1. The van der Waals surface area contributed by atoms with Gasteiger partial charge in [-0.15, -0.1) is 0 Å². The Bertz CT molecular complexity index is 1310. The summed E-state index contributed by atoms with van der Waals surface area (Å²) >= 11 is 0. The first kappa shape index (κ1) is 29.6. The number of likely N-dealkylation sites (N-methyl/N-ethyl adjacent to an activating group) is 2. The predicted molar refractivity (Wildman–Crippen MR) is 149 cm³/mol. The van der Waals surface area contributed by atoms with Crippen LogP contribution in [-0.4, -0.2) is 67.7 Å². The number of piperidine rings is 1. The van der Waals surface area contributed by atoms with Crippen molar-refractivity contribution in [3.05, 3.63) is 94.8 Å². The topological polar surface area (TPSA) is 44.8 Å². The van der Waals surface area contributed by atoms with Crippen LogP contribution in [0.1, 0.15) is 35.4 Å². The number of carbonyl (C=O) groups is 1. The molecular weight excluding hydrogens is 517 g/mol. The van der Waals surface area contributed by atoms with Gasteiger partial charge in [0.15, 0.2) is 23.2 Å². The number of aryl methyl sites for hydroxylation is 1. The molecule has 1 fully saturated rings.